The first-order valence-corrected chi connectivity index (χ1v) is 7.72. The van der Waals surface area contributed by atoms with E-state index < -0.39 is 0 Å². The van der Waals surface area contributed by atoms with Gasteiger partial charge in [0.05, 0.1) is 5.92 Å². The Balaban J connectivity index is 1.86. The van der Waals surface area contributed by atoms with Crippen molar-refractivity contribution in [3.8, 4) is 0 Å². The van der Waals surface area contributed by atoms with Crippen LogP contribution in [0.4, 0.5) is 4.39 Å². The van der Waals surface area contributed by atoms with Gasteiger partial charge in [0, 0.05) is 33.6 Å². The van der Waals surface area contributed by atoms with E-state index in [4.69, 9.17) is 0 Å². The molecular weight excluding hydrogens is 283 g/mol. The van der Waals surface area contributed by atoms with Gasteiger partial charge in [0.25, 0.3) is 0 Å². The van der Waals surface area contributed by atoms with Crippen LogP contribution in [0.15, 0.2) is 24.3 Å². The molecule has 0 N–H and O–H groups in total. The van der Waals surface area contributed by atoms with Gasteiger partial charge in [0.2, 0.25) is 11.8 Å². The summed E-state index contributed by atoms with van der Waals surface area (Å²) in [7, 11) is 1.79. The molecule has 2 amide bonds. The molecular formula is C17H23FN2O2. The Hall–Kier alpha value is -1.91. The molecule has 2 rings (SSSR count). The lowest BCUT2D eigenvalue weighted by Gasteiger charge is -2.33. The number of hydrogen-bond acceptors (Lipinski definition) is 2. The molecule has 1 aromatic rings. The Bertz CT molecular complexity index is 530. The molecule has 0 radical (unpaired) electrons. The van der Waals surface area contributed by atoms with Crippen molar-refractivity contribution in [3.05, 3.63) is 35.6 Å². The van der Waals surface area contributed by atoms with Crippen LogP contribution in [-0.4, -0.2) is 48.3 Å². The number of likely N-dealkylation sites (N-methyl/N-ethyl adjacent to an activating group) is 1. The summed E-state index contributed by atoms with van der Waals surface area (Å²) in [4.78, 5) is 27.4. The normalized spacial score (nSPS) is 18.1. The third-order valence-electron chi connectivity index (χ3n) is 4.24. The van der Waals surface area contributed by atoms with Crippen LogP contribution in [0.1, 0.15) is 25.3 Å². The molecule has 120 valence electrons. The number of piperidine rings is 1. The number of likely N-dealkylation sites (tertiary alicyclic amines) is 1. The van der Waals surface area contributed by atoms with Crippen LogP contribution in [0.3, 0.4) is 0 Å². The Morgan fingerprint density at radius 1 is 1.32 bits per heavy atom. The minimum Gasteiger partial charge on any atom is -0.345 e. The number of nitrogens with zero attached hydrogens (tertiary/aromatic N) is 2. The van der Waals surface area contributed by atoms with E-state index in [9.17, 15) is 14.0 Å². The second-order valence-electron chi connectivity index (χ2n) is 5.94. The average molecular weight is 306 g/mol. The molecule has 1 aliphatic heterocycles. The zero-order chi connectivity index (χ0) is 16.1. The Morgan fingerprint density at radius 2 is 2.00 bits per heavy atom. The van der Waals surface area contributed by atoms with E-state index in [-0.39, 0.29) is 23.5 Å². The third kappa shape index (κ3) is 4.29. The molecule has 1 atom stereocenters. The molecule has 1 aromatic carbocycles. The smallest absolute Gasteiger partial charge is 0.227 e. The number of carbonyl (C=O) groups is 2. The SMILES string of the molecule is CC(=O)N1CCC[C@H](C(=O)N(C)CCc2ccc(F)cc2)C1. The van der Waals surface area contributed by atoms with Crippen molar-refractivity contribution in [2.45, 2.75) is 26.2 Å². The fourth-order valence-corrected chi connectivity index (χ4v) is 2.83. The van der Waals surface area contributed by atoms with Crippen LogP contribution < -0.4 is 0 Å². The summed E-state index contributed by atoms with van der Waals surface area (Å²) < 4.78 is 12.9. The number of rotatable bonds is 4. The fourth-order valence-electron chi connectivity index (χ4n) is 2.83. The lowest BCUT2D eigenvalue weighted by molar-refractivity contribution is -0.139. The maximum absolute atomic E-state index is 12.9. The lowest BCUT2D eigenvalue weighted by atomic mass is 9.96. The first-order valence-electron chi connectivity index (χ1n) is 7.72. The van der Waals surface area contributed by atoms with Crippen LogP contribution >= 0.6 is 0 Å². The van der Waals surface area contributed by atoms with Gasteiger partial charge in [-0.3, -0.25) is 9.59 Å². The van der Waals surface area contributed by atoms with Gasteiger partial charge >= 0.3 is 0 Å². The monoisotopic (exact) mass is 306 g/mol. The largest absolute Gasteiger partial charge is 0.345 e. The van der Waals surface area contributed by atoms with E-state index in [1.807, 2.05) is 0 Å². The Morgan fingerprint density at radius 3 is 2.64 bits per heavy atom. The molecule has 1 heterocycles. The van der Waals surface area contributed by atoms with Crippen LogP contribution in [-0.2, 0) is 16.0 Å². The van der Waals surface area contributed by atoms with Crippen LogP contribution in [0.25, 0.3) is 0 Å². The molecule has 1 fully saturated rings. The summed E-state index contributed by atoms with van der Waals surface area (Å²) in [6.45, 7) is 3.42. The molecule has 0 saturated carbocycles. The molecule has 1 aliphatic rings. The summed E-state index contributed by atoms with van der Waals surface area (Å²) in [5.41, 5.74) is 1.01. The van der Waals surface area contributed by atoms with Crippen molar-refractivity contribution in [1.29, 1.82) is 0 Å². The Kier molecular flexibility index (Phi) is 5.52. The van der Waals surface area contributed by atoms with E-state index >= 15 is 0 Å². The van der Waals surface area contributed by atoms with Crippen molar-refractivity contribution in [2.24, 2.45) is 5.92 Å². The molecule has 22 heavy (non-hydrogen) atoms. The second-order valence-corrected chi connectivity index (χ2v) is 5.94. The quantitative estimate of drug-likeness (QED) is 0.854. The predicted molar refractivity (Wildman–Crippen MR) is 82.7 cm³/mol. The zero-order valence-corrected chi connectivity index (χ0v) is 13.2. The van der Waals surface area contributed by atoms with Crippen molar-refractivity contribution in [3.63, 3.8) is 0 Å². The maximum Gasteiger partial charge on any atom is 0.227 e. The van der Waals surface area contributed by atoms with Crippen LogP contribution in [0.5, 0.6) is 0 Å². The van der Waals surface area contributed by atoms with Gasteiger partial charge in [-0.05, 0) is 37.0 Å². The minimum absolute atomic E-state index is 0.0338. The summed E-state index contributed by atoms with van der Waals surface area (Å²) in [6, 6.07) is 6.35. The molecule has 0 bridgehead atoms. The number of benzene rings is 1. The molecule has 4 nitrogen and oxygen atoms in total. The van der Waals surface area contributed by atoms with E-state index in [2.05, 4.69) is 0 Å². The molecule has 0 aromatic heterocycles. The van der Waals surface area contributed by atoms with Gasteiger partial charge in [-0.25, -0.2) is 4.39 Å². The second kappa shape index (κ2) is 7.38. The first kappa shape index (κ1) is 16.5. The highest BCUT2D eigenvalue weighted by Gasteiger charge is 2.28. The summed E-state index contributed by atoms with van der Waals surface area (Å²) in [6.07, 6.45) is 2.41. The molecule has 1 saturated heterocycles. The van der Waals surface area contributed by atoms with Crippen molar-refractivity contribution >= 4 is 11.8 Å². The van der Waals surface area contributed by atoms with Crippen molar-refractivity contribution in [1.82, 2.24) is 9.80 Å². The van der Waals surface area contributed by atoms with Crippen molar-refractivity contribution < 1.29 is 14.0 Å². The minimum atomic E-state index is -0.250. The molecule has 5 heteroatoms. The van der Waals surface area contributed by atoms with Crippen molar-refractivity contribution in [2.75, 3.05) is 26.7 Å². The highest BCUT2D eigenvalue weighted by molar-refractivity contribution is 5.80. The van der Waals surface area contributed by atoms with Gasteiger partial charge in [0.15, 0.2) is 0 Å². The highest BCUT2D eigenvalue weighted by Crippen LogP contribution is 2.18. The number of halogens is 1. The van der Waals surface area contributed by atoms with Crippen LogP contribution in [0, 0.1) is 11.7 Å². The summed E-state index contributed by atoms with van der Waals surface area (Å²) >= 11 is 0. The van der Waals surface area contributed by atoms with Gasteiger partial charge in [-0.2, -0.15) is 0 Å². The highest BCUT2D eigenvalue weighted by atomic mass is 19.1. The van der Waals surface area contributed by atoms with Gasteiger partial charge in [0.1, 0.15) is 5.82 Å². The number of carbonyl (C=O) groups excluding carboxylic acids is 2. The molecule has 0 unspecified atom stereocenters. The topological polar surface area (TPSA) is 40.6 Å². The summed E-state index contributed by atoms with van der Waals surface area (Å²) in [5, 5.41) is 0. The maximum atomic E-state index is 12.9. The zero-order valence-electron chi connectivity index (χ0n) is 13.2. The van der Waals surface area contributed by atoms with E-state index in [0.29, 0.717) is 19.5 Å². The molecule has 0 aliphatic carbocycles. The van der Waals surface area contributed by atoms with Crippen LogP contribution in [0.2, 0.25) is 0 Å². The third-order valence-corrected chi connectivity index (χ3v) is 4.24. The van der Waals surface area contributed by atoms with E-state index in [0.717, 1.165) is 24.9 Å². The number of hydrogen-bond donors (Lipinski definition) is 0. The average Bonchev–Trinajstić information content (AvgIpc) is 2.53. The molecule has 0 spiro atoms. The predicted octanol–water partition coefficient (Wildman–Crippen LogP) is 2.09. The Labute approximate surface area is 130 Å². The van der Waals surface area contributed by atoms with Gasteiger partial charge in [-0.1, -0.05) is 12.1 Å². The van der Waals surface area contributed by atoms with E-state index in [1.54, 1.807) is 35.9 Å². The summed E-state index contributed by atoms with van der Waals surface area (Å²) in [5.74, 6) is -0.227. The van der Waals surface area contributed by atoms with Gasteiger partial charge < -0.3 is 9.80 Å². The fraction of sp³-hybridized carbons (Fsp3) is 0.529. The standard InChI is InChI=1S/C17H23FN2O2/c1-13(21)20-10-3-4-15(12-20)17(22)19(2)11-9-14-5-7-16(18)8-6-14/h5-8,15H,3-4,9-12H2,1-2H3/t15-/m0/s1. The first-order chi connectivity index (χ1) is 10.5. The number of amides is 2. The van der Waals surface area contributed by atoms with E-state index in [1.165, 1.54) is 12.1 Å². The van der Waals surface area contributed by atoms with Gasteiger partial charge in [-0.15, -0.1) is 0 Å². The lowest BCUT2D eigenvalue weighted by Crippen LogP contribution is -2.45.